The normalized spacial score (nSPS) is 16.9. The van der Waals surface area contributed by atoms with E-state index in [4.69, 9.17) is 16.3 Å². The van der Waals surface area contributed by atoms with Gasteiger partial charge in [-0.15, -0.1) is 11.6 Å². The maximum atomic E-state index is 6.23. The molecule has 2 rings (SSSR count). The summed E-state index contributed by atoms with van der Waals surface area (Å²) in [6.45, 7) is 3.36. The van der Waals surface area contributed by atoms with E-state index in [-0.39, 0.29) is 5.38 Å². The molecule has 0 spiro atoms. The van der Waals surface area contributed by atoms with Crippen LogP contribution in [0.4, 0.5) is 5.82 Å². The number of anilines is 1. The first-order chi connectivity index (χ1) is 7.81. The molecule has 0 aliphatic heterocycles. The highest BCUT2D eigenvalue weighted by molar-refractivity contribution is 6.21. The van der Waals surface area contributed by atoms with E-state index in [1.165, 1.54) is 12.8 Å². The fourth-order valence-electron chi connectivity index (χ4n) is 1.61. The summed E-state index contributed by atoms with van der Waals surface area (Å²) >= 11 is 6.23. The molecule has 0 saturated heterocycles. The zero-order valence-corrected chi connectivity index (χ0v) is 10.2. The number of nitrogens with zero attached hydrogens (tertiary/aromatic N) is 1. The van der Waals surface area contributed by atoms with E-state index >= 15 is 0 Å². The number of hydrogen-bond donors (Lipinski definition) is 1. The average Bonchev–Trinajstić information content (AvgIpc) is 3.12. The Bertz CT molecular complexity index is 342. The molecule has 16 heavy (non-hydrogen) atoms. The van der Waals surface area contributed by atoms with E-state index in [0.717, 1.165) is 18.1 Å². The van der Waals surface area contributed by atoms with Crippen LogP contribution in [0.2, 0.25) is 0 Å². The molecule has 1 aliphatic rings. The molecule has 1 fully saturated rings. The summed E-state index contributed by atoms with van der Waals surface area (Å²) in [6.07, 6.45) is 4.28. The Morgan fingerprint density at radius 3 is 3.12 bits per heavy atom. The van der Waals surface area contributed by atoms with Crippen LogP contribution in [-0.4, -0.2) is 23.5 Å². The predicted octanol–water partition coefficient (Wildman–Crippen LogP) is 2.91. The molecule has 0 radical (unpaired) electrons. The standard InChI is InChI=1S/C12H17ClN2O/c1-2-16-11-4-3-7-14-12(11)15-8-10(13)9-5-6-9/h3-4,7,9-10H,2,5-6,8H2,1H3,(H,14,15). The van der Waals surface area contributed by atoms with E-state index in [1.54, 1.807) is 6.20 Å². The fourth-order valence-corrected chi connectivity index (χ4v) is 1.94. The van der Waals surface area contributed by atoms with Gasteiger partial charge in [-0.05, 0) is 37.8 Å². The maximum absolute atomic E-state index is 6.23. The van der Waals surface area contributed by atoms with Gasteiger partial charge in [-0.1, -0.05) is 0 Å². The molecule has 1 aliphatic carbocycles. The van der Waals surface area contributed by atoms with Crippen molar-refractivity contribution in [2.75, 3.05) is 18.5 Å². The van der Waals surface area contributed by atoms with Crippen LogP contribution >= 0.6 is 11.6 Å². The first-order valence-corrected chi connectivity index (χ1v) is 6.20. The van der Waals surface area contributed by atoms with Crippen LogP contribution in [0.25, 0.3) is 0 Å². The van der Waals surface area contributed by atoms with Gasteiger partial charge in [0.15, 0.2) is 11.6 Å². The Balaban J connectivity index is 1.91. The van der Waals surface area contributed by atoms with Gasteiger partial charge < -0.3 is 10.1 Å². The first-order valence-electron chi connectivity index (χ1n) is 5.77. The lowest BCUT2D eigenvalue weighted by molar-refractivity contribution is 0.340. The number of nitrogens with one attached hydrogen (secondary N) is 1. The molecular formula is C12H17ClN2O. The zero-order chi connectivity index (χ0) is 11.4. The molecule has 0 amide bonds. The van der Waals surface area contributed by atoms with Crippen LogP contribution in [0.1, 0.15) is 19.8 Å². The molecule has 0 bridgehead atoms. The Labute approximate surface area is 101 Å². The van der Waals surface area contributed by atoms with Crippen molar-refractivity contribution < 1.29 is 4.74 Å². The number of hydrogen-bond acceptors (Lipinski definition) is 3. The van der Waals surface area contributed by atoms with Crippen molar-refractivity contribution in [1.82, 2.24) is 4.98 Å². The number of rotatable bonds is 6. The summed E-state index contributed by atoms with van der Waals surface area (Å²) in [6, 6.07) is 3.79. The highest BCUT2D eigenvalue weighted by atomic mass is 35.5. The van der Waals surface area contributed by atoms with Gasteiger partial charge in [0.1, 0.15) is 0 Å². The third-order valence-corrected chi connectivity index (χ3v) is 3.18. The molecule has 88 valence electrons. The van der Waals surface area contributed by atoms with E-state index in [0.29, 0.717) is 12.5 Å². The van der Waals surface area contributed by atoms with Crippen molar-refractivity contribution in [2.24, 2.45) is 5.92 Å². The van der Waals surface area contributed by atoms with E-state index in [2.05, 4.69) is 10.3 Å². The summed E-state index contributed by atoms with van der Waals surface area (Å²) in [5, 5.41) is 3.46. The number of aromatic nitrogens is 1. The van der Waals surface area contributed by atoms with Crippen LogP contribution in [0.15, 0.2) is 18.3 Å². The van der Waals surface area contributed by atoms with Gasteiger partial charge in [0.25, 0.3) is 0 Å². The molecule has 1 heterocycles. The van der Waals surface area contributed by atoms with Crippen molar-refractivity contribution in [1.29, 1.82) is 0 Å². The van der Waals surface area contributed by atoms with Gasteiger partial charge in [0.2, 0.25) is 0 Å². The predicted molar refractivity (Wildman–Crippen MR) is 66.3 cm³/mol. The maximum Gasteiger partial charge on any atom is 0.168 e. The van der Waals surface area contributed by atoms with Gasteiger partial charge in [0.05, 0.1) is 12.0 Å². The zero-order valence-electron chi connectivity index (χ0n) is 9.45. The second-order valence-corrected chi connectivity index (χ2v) is 4.58. The highest BCUT2D eigenvalue weighted by Gasteiger charge is 2.29. The largest absolute Gasteiger partial charge is 0.490 e. The van der Waals surface area contributed by atoms with Crippen LogP contribution in [0.5, 0.6) is 5.75 Å². The molecule has 1 saturated carbocycles. The molecular weight excluding hydrogens is 224 g/mol. The second-order valence-electron chi connectivity index (χ2n) is 4.02. The van der Waals surface area contributed by atoms with Crippen LogP contribution in [0.3, 0.4) is 0 Å². The summed E-state index contributed by atoms with van der Waals surface area (Å²) in [5.74, 6) is 2.27. The summed E-state index contributed by atoms with van der Waals surface area (Å²) < 4.78 is 5.48. The van der Waals surface area contributed by atoms with Crippen LogP contribution in [-0.2, 0) is 0 Å². The molecule has 4 heteroatoms. The van der Waals surface area contributed by atoms with E-state index in [1.807, 2.05) is 19.1 Å². The molecule has 3 nitrogen and oxygen atoms in total. The van der Waals surface area contributed by atoms with Crippen LogP contribution in [0, 0.1) is 5.92 Å². The Hall–Kier alpha value is -0.960. The summed E-state index contributed by atoms with van der Waals surface area (Å²) in [7, 11) is 0. The van der Waals surface area contributed by atoms with Crippen molar-refractivity contribution in [2.45, 2.75) is 25.1 Å². The molecule has 1 aromatic rings. The number of halogens is 1. The molecule has 1 atom stereocenters. The molecule has 1 unspecified atom stereocenters. The van der Waals surface area contributed by atoms with Gasteiger partial charge in [-0.25, -0.2) is 4.98 Å². The smallest absolute Gasteiger partial charge is 0.168 e. The van der Waals surface area contributed by atoms with Crippen molar-refractivity contribution in [3.05, 3.63) is 18.3 Å². The van der Waals surface area contributed by atoms with Crippen molar-refractivity contribution in [3.63, 3.8) is 0 Å². The number of pyridine rings is 1. The van der Waals surface area contributed by atoms with E-state index in [9.17, 15) is 0 Å². The third kappa shape index (κ3) is 3.01. The van der Waals surface area contributed by atoms with Crippen molar-refractivity contribution >= 4 is 17.4 Å². The highest BCUT2D eigenvalue weighted by Crippen LogP contribution is 2.35. The van der Waals surface area contributed by atoms with Gasteiger partial charge >= 0.3 is 0 Å². The number of alkyl halides is 1. The lowest BCUT2D eigenvalue weighted by atomic mass is 10.3. The second kappa shape index (κ2) is 5.39. The van der Waals surface area contributed by atoms with Gasteiger partial charge in [0, 0.05) is 12.7 Å². The SMILES string of the molecule is CCOc1cccnc1NCC(Cl)C1CC1. The Kier molecular flexibility index (Phi) is 3.88. The van der Waals surface area contributed by atoms with Crippen molar-refractivity contribution in [3.8, 4) is 5.75 Å². The summed E-state index contributed by atoms with van der Waals surface area (Å²) in [4.78, 5) is 4.25. The van der Waals surface area contributed by atoms with E-state index < -0.39 is 0 Å². The number of ether oxygens (including phenoxy) is 1. The minimum atomic E-state index is 0.205. The van der Waals surface area contributed by atoms with Crippen LogP contribution < -0.4 is 10.1 Å². The topological polar surface area (TPSA) is 34.1 Å². The molecule has 1 N–H and O–H groups in total. The lowest BCUT2D eigenvalue weighted by Crippen LogP contribution is -2.17. The minimum absolute atomic E-state index is 0.205. The Morgan fingerprint density at radius 2 is 2.44 bits per heavy atom. The van der Waals surface area contributed by atoms with Gasteiger partial charge in [-0.3, -0.25) is 0 Å². The molecule has 1 aromatic heterocycles. The summed E-state index contributed by atoms with van der Waals surface area (Å²) in [5.41, 5.74) is 0. The third-order valence-electron chi connectivity index (χ3n) is 2.67. The minimum Gasteiger partial charge on any atom is -0.490 e. The van der Waals surface area contributed by atoms with Gasteiger partial charge in [-0.2, -0.15) is 0 Å². The fraction of sp³-hybridized carbons (Fsp3) is 0.583. The monoisotopic (exact) mass is 240 g/mol. The Morgan fingerprint density at radius 1 is 1.62 bits per heavy atom. The quantitative estimate of drug-likeness (QED) is 0.777. The first kappa shape index (κ1) is 11.5. The average molecular weight is 241 g/mol. The lowest BCUT2D eigenvalue weighted by Gasteiger charge is -2.13. The molecule has 0 aromatic carbocycles.